The molecule has 10 nitrogen and oxygen atoms in total. The highest BCUT2D eigenvalue weighted by Crippen LogP contribution is 2.12. The summed E-state index contributed by atoms with van der Waals surface area (Å²) in [7, 11) is 1.63. The van der Waals surface area contributed by atoms with E-state index in [1.165, 1.54) is 0 Å². The lowest BCUT2D eigenvalue weighted by molar-refractivity contribution is -0.136. The van der Waals surface area contributed by atoms with Gasteiger partial charge in [0, 0.05) is 18.8 Å². The minimum atomic E-state index is -1.16. The average Bonchev–Trinajstić information content (AvgIpc) is 2.78. The number of hydrogen-bond acceptors (Lipinski definition) is 7. The van der Waals surface area contributed by atoms with Gasteiger partial charge in [0.15, 0.2) is 0 Å². The van der Waals surface area contributed by atoms with Crippen LogP contribution in [0.25, 0.3) is 0 Å². The van der Waals surface area contributed by atoms with E-state index in [9.17, 15) is 14.4 Å². The van der Waals surface area contributed by atoms with Crippen LogP contribution in [0.15, 0.2) is 83.6 Å². The van der Waals surface area contributed by atoms with Crippen LogP contribution in [0.5, 0.6) is 0 Å². The second kappa shape index (κ2) is 25.1. The zero-order valence-electron chi connectivity index (χ0n) is 23.1. The molecule has 0 aromatic carbocycles. The van der Waals surface area contributed by atoms with E-state index in [1.54, 1.807) is 32.3 Å². The number of aliphatic carboxylic acids is 3. The summed E-state index contributed by atoms with van der Waals surface area (Å²) in [5, 5.41) is 26.6. The monoisotopic (exact) mass is 537 g/mol. The Morgan fingerprint density at radius 2 is 1.45 bits per heavy atom. The lowest BCUT2D eigenvalue weighted by Crippen LogP contribution is -2.10. The van der Waals surface area contributed by atoms with Crippen LogP contribution in [-0.2, 0) is 19.1 Å². The molecule has 0 radical (unpaired) electrons. The maximum atomic E-state index is 10.9. The highest BCUT2D eigenvalue weighted by Gasteiger charge is 2.07. The van der Waals surface area contributed by atoms with Crippen molar-refractivity contribution in [2.75, 3.05) is 7.11 Å². The highest BCUT2D eigenvalue weighted by atomic mass is 16.5. The van der Waals surface area contributed by atoms with Crippen LogP contribution in [0.2, 0.25) is 0 Å². The second-order valence-electron chi connectivity index (χ2n) is 8.13. The molecule has 0 aromatic heterocycles. The van der Waals surface area contributed by atoms with Gasteiger partial charge in [-0.1, -0.05) is 67.7 Å². The van der Waals surface area contributed by atoms with Crippen LogP contribution in [0.1, 0.15) is 52.9 Å². The van der Waals surface area contributed by atoms with Crippen molar-refractivity contribution < 1.29 is 34.4 Å². The molecule has 38 heavy (non-hydrogen) atoms. The molecule has 0 aromatic rings. The van der Waals surface area contributed by atoms with Gasteiger partial charge in [-0.3, -0.25) is 4.79 Å². The van der Waals surface area contributed by atoms with E-state index in [1.807, 2.05) is 38.2 Å². The Kier molecular flexibility index (Phi) is 27.4. The quantitative estimate of drug-likeness (QED) is 0.0519. The van der Waals surface area contributed by atoms with Crippen molar-refractivity contribution in [2.24, 2.45) is 5.92 Å². The summed E-state index contributed by atoms with van der Waals surface area (Å²) in [5.74, 6) is -3.01. The van der Waals surface area contributed by atoms with Gasteiger partial charge >= 0.3 is 17.9 Å². The van der Waals surface area contributed by atoms with Gasteiger partial charge in [0.2, 0.25) is 0 Å². The molecule has 0 unspecified atom stereocenters. The van der Waals surface area contributed by atoms with Crippen molar-refractivity contribution in [3.63, 3.8) is 0 Å². The van der Waals surface area contributed by atoms with Gasteiger partial charge in [-0.15, -0.1) is 0 Å². The van der Waals surface area contributed by atoms with Crippen molar-refractivity contribution in [1.29, 1.82) is 0 Å². The molecule has 0 rings (SSSR count). The predicted molar refractivity (Wildman–Crippen MR) is 153 cm³/mol. The second-order valence-corrected chi connectivity index (χ2v) is 8.13. The maximum Gasteiger partial charge on any atom is 0.331 e. The largest absolute Gasteiger partial charge is 0.481 e. The summed E-state index contributed by atoms with van der Waals surface area (Å²) in [6.45, 7) is 5.44. The summed E-state index contributed by atoms with van der Waals surface area (Å²) in [4.78, 5) is 32.4. The fraction of sp³-hybridized carbons (Fsp3) is 0.393. The van der Waals surface area contributed by atoms with Crippen molar-refractivity contribution in [1.82, 2.24) is 18.5 Å². The molecule has 0 spiro atoms. The zero-order valence-corrected chi connectivity index (χ0v) is 23.1. The molecule has 0 bridgehead atoms. The first-order chi connectivity index (χ1) is 16.6. The molecular weight excluding hydrogens is 490 g/mol. The van der Waals surface area contributed by atoms with E-state index < -0.39 is 17.9 Å². The summed E-state index contributed by atoms with van der Waals surface area (Å²) in [6.07, 6.45) is 22.6. The summed E-state index contributed by atoms with van der Waals surface area (Å²) < 4.78 is 5.47. The number of hydrogen-bond donors (Lipinski definition) is 6. The zero-order chi connectivity index (χ0) is 26.6. The Morgan fingerprint density at radius 1 is 0.842 bits per heavy atom. The molecular formula is C28H47N3O7. The molecule has 2 atom stereocenters. The lowest BCUT2D eigenvalue weighted by Gasteiger charge is -2.13. The Bertz CT molecular complexity index is 913. The number of carboxylic acids is 3. The molecule has 0 heterocycles. The first-order valence-corrected chi connectivity index (χ1v) is 11.5. The van der Waals surface area contributed by atoms with Gasteiger partial charge < -0.3 is 38.5 Å². The normalized spacial score (nSPS) is 14.3. The molecule has 0 amide bonds. The summed E-state index contributed by atoms with van der Waals surface area (Å²) in [5.41, 5.74) is 1.48. The van der Waals surface area contributed by atoms with E-state index in [0.29, 0.717) is 6.42 Å². The number of carboxylic acid groups (broad SMARTS) is 3. The molecule has 0 saturated carbocycles. The Morgan fingerprint density at radius 3 is 2.00 bits per heavy atom. The van der Waals surface area contributed by atoms with Gasteiger partial charge in [0.25, 0.3) is 0 Å². The van der Waals surface area contributed by atoms with Gasteiger partial charge in [-0.2, -0.15) is 0 Å². The van der Waals surface area contributed by atoms with E-state index in [-0.39, 0.29) is 48.0 Å². The summed E-state index contributed by atoms with van der Waals surface area (Å²) >= 11 is 0. The van der Waals surface area contributed by atoms with Crippen LogP contribution in [-0.4, -0.2) is 46.4 Å². The van der Waals surface area contributed by atoms with E-state index in [2.05, 4.69) is 18.2 Å². The molecule has 0 aliphatic heterocycles. The number of unbranched alkanes of at least 4 members (excludes halogenated alkanes) is 1. The lowest BCUT2D eigenvalue weighted by atomic mass is 10.0. The van der Waals surface area contributed by atoms with Crippen molar-refractivity contribution in [3.05, 3.63) is 83.6 Å². The van der Waals surface area contributed by atoms with Gasteiger partial charge in [-0.05, 0) is 56.6 Å². The van der Waals surface area contributed by atoms with Crippen LogP contribution in [0.4, 0.5) is 0 Å². The fourth-order valence-electron chi connectivity index (χ4n) is 2.84. The highest BCUT2D eigenvalue weighted by molar-refractivity contribution is 5.86. The van der Waals surface area contributed by atoms with Crippen molar-refractivity contribution >= 4 is 17.9 Å². The minimum absolute atomic E-state index is 0. The van der Waals surface area contributed by atoms with E-state index >= 15 is 0 Å². The van der Waals surface area contributed by atoms with E-state index in [4.69, 9.17) is 20.1 Å². The standard InChI is InChI=1S/C28H38O7.3H3N/c1-21(15-18-24(19-26(29)30)20-27(31)32)13-11-9-7-5-6-8-10-12-14-25(35-4)22(2)16-17-23(3)28(33)34;;;/h6,8-12,15-19,21,25H,5,7,13-14,20H2,1-4H3,(H,29,30)(H,31,32)(H,33,34);3*1H3/b8-6+,11-9+,12-10-,18-15+,22-16-,23-17+,24-19+;;;/t21-,25+;;;/m0.../s1. The Balaban J connectivity index is -0.00000193. The SMILES string of the molecule is CO[C@H](C/C=C\C=C\CC/C=C/C[C@H](C)/C=C/C(=C\C(=O)O)CC(=O)O)/C(C)=C\C=C(/C)C(=O)O.N.N.N. The predicted octanol–water partition coefficient (Wildman–Crippen LogP) is 6.37. The molecule has 0 fully saturated rings. The minimum Gasteiger partial charge on any atom is -0.481 e. The first kappa shape index (κ1) is 41.6. The number of ether oxygens (including phenoxy) is 1. The number of allylic oxidation sites excluding steroid dienone is 9. The van der Waals surface area contributed by atoms with Crippen molar-refractivity contribution in [3.8, 4) is 0 Å². The van der Waals surface area contributed by atoms with Crippen LogP contribution >= 0.6 is 0 Å². The van der Waals surface area contributed by atoms with E-state index in [0.717, 1.165) is 30.9 Å². The van der Waals surface area contributed by atoms with Crippen LogP contribution < -0.4 is 18.5 Å². The van der Waals surface area contributed by atoms with Crippen LogP contribution in [0.3, 0.4) is 0 Å². The smallest absolute Gasteiger partial charge is 0.331 e. The topological polar surface area (TPSA) is 226 Å². The third-order valence-corrected chi connectivity index (χ3v) is 4.94. The molecule has 12 N–H and O–H groups in total. The number of carbonyl (C=O) groups is 3. The van der Waals surface area contributed by atoms with Gasteiger partial charge in [0.1, 0.15) is 0 Å². The molecule has 0 aliphatic carbocycles. The molecule has 0 aliphatic rings. The first-order valence-electron chi connectivity index (χ1n) is 11.5. The number of methoxy groups -OCH3 is 1. The average molecular weight is 538 g/mol. The maximum absolute atomic E-state index is 10.9. The Labute approximate surface area is 226 Å². The third-order valence-electron chi connectivity index (χ3n) is 4.94. The number of rotatable bonds is 17. The fourth-order valence-corrected chi connectivity index (χ4v) is 2.84. The molecule has 10 heteroatoms. The van der Waals surface area contributed by atoms with Gasteiger partial charge in [-0.25, -0.2) is 9.59 Å². The molecule has 216 valence electrons. The molecule has 0 saturated heterocycles. The third kappa shape index (κ3) is 22.9. The van der Waals surface area contributed by atoms with Crippen LogP contribution in [0, 0.1) is 5.92 Å². The summed E-state index contributed by atoms with van der Waals surface area (Å²) in [6, 6.07) is 0. The van der Waals surface area contributed by atoms with Gasteiger partial charge in [0.05, 0.1) is 12.5 Å². The van der Waals surface area contributed by atoms with Crippen molar-refractivity contribution in [2.45, 2.75) is 59.0 Å². The Hall–Kier alpha value is -3.57.